The first kappa shape index (κ1) is 17.2. The molecule has 0 heterocycles. The van der Waals surface area contributed by atoms with Crippen molar-refractivity contribution < 1.29 is 9.59 Å². The SMILES string of the molecule is C=CC(=O)CC(C)C.C=CC(=O)CC(C)C. The predicted octanol–water partition coefficient (Wildman–Crippen LogP) is 3.58. The van der Waals surface area contributed by atoms with Crippen molar-refractivity contribution in [2.45, 2.75) is 40.5 Å². The van der Waals surface area contributed by atoms with E-state index < -0.39 is 0 Å². The zero-order valence-corrected chi connectivity index (χ0v) is 11.0. The minimum absolute atomic E-state index is 0.139. The summed E-state index contributed by atoms with van der Waals surface area (Å²) in [5, 5.41) is 0. The van der Waals surface area contributed by atoms with Crippen LogP contribution in [-0.2, 0) is 9.59 Å². The second kappa shape index (κ2) is 10.3. The summed E-state index contributed by atoms with van der Waals surface area (Å²) in [7, 11) is 0. The van der Waals surface area contributed by atoms with Gasteiger partial charge in [0.05, 0.1) is 0 Å². The maximum atomic E-state index is 10.5. The van der Waals surface area contributed by atoms with Crippen molar-refractivity contribution in [3.05, 3.63) is 25.3 Å². The van der Waals surface area contributed by atoms with E-state index in [1.165, 1.54) is 12.2 Å². The number of ketones is 2. The van der Waals surface area contributed by atoms with Crippen LogP contribution in [0.25, 0.3) is 0 Å². The molecule has 0 aliphatic rings. The van der Waals surface area contributed by atoms with Crippen LogP contribution in [0.2, 0.25) is 0 Å². The van der Waals surface area contributed by atoms with Crippen molar-refractivity contribution >= 4 is 11.6 Å². The zero-order chi connectivity index (χ0) is 13.1. The van der Waals surface area contributed by atoms with Crippen LogP contribution < -0.4 is 0 Å². The number of carbonyl (C=O) groups excluding carboxylic acids is 2. The van der Waals surface area contributed by atoms with Crippen LogP contribution in [0.1, 0.15) is 40.5 Å². The van der Waals surface area contributed by atoms with Gasteiger partial charge in [-0.05, 0) is 24.0 Å². The van der Waals surface area contributed by atoms with Gasteiger partial charge in [0.15, 0.2) is 11.6 Å². The molecule has 0 amide bonds. The first-order valence-corrected chi connectivity index (χ1v) is 5.64. The smallest absolute Gasteiger partial charge is 0.155 e. The van der Waals surface area contributed by atoms with E-state index in [0.29, 0.717) is 24.7 Å². The maximum Gasteiger partial charge on any atom is 0.155 e. The molecule has 92 valence electrons. The molecule has 0 atom stereocenters. The molecule has 0 rings (SSSR count). The Kier molecular flexibility index (Phi) is 11.1. The van der Waals surface area contributed by atoms with Crippen molar-refractivity contribution in [2.24, 2.45) is 11.8 Å². The number of carbonyl (C=O) groups is 2. The van der Waals surface area contributed by atoms with E-state index in [2.05, 4.69) is 13.2 Å². The molecule has 0 saturated heterocycles. The number of hydrogen-bond donors (Lipinski definition) is 0. The minimum atomic E-state index is 0.139. The van der Waals surface area contributed by atoms with Gasteiger partial charge in [-0.15, -0.1) is 0 Å². The third-order valence-electron chi connectivity index (χ3n) is 1.67. The molecule has 0 aromatic heterocycles. The first-order chi connectivity index (χ1) is 7.33. The van der Waals surface area contributed by atoms with E-state index in [1.807, 2.05) is 27.7 Å². The molecule has 2 heteroatoms. The van der Waals surface area contributed by atoms with Crippen LogP contribution in [0, 0.1) is 11.8 Å². The Morgan fingerprint density at radius 2 is 1.12 bits per heavy atom. The van der Waals surface area contributed by atoms with Crippen LogP contribution in [0.15, 0.2) is 25.3 Å². The van der Waals surface area contributed by atoms with Crippen LogP contribution in [0.5, 0.6) is 0 Å². The first-order valence-electron chi connectivity index (χ1n) is 5.64. The minimum Gasteiger partial charge on any atom is -0.295 e. The van der Waals surface area contributed by atoms with Crippen molar-refractivity contribution in [3.63, 3.8) is 0 Å². The van der Waals surface area contributed by atoms with Gasteiger partial charge in [-0.1, -0.05) is 40.9 Å². The van der Waals surface area contributed by atoms with E-state index in [9.17, 15) is 9.59 Å². The fourth-order valence-electron chi connectivity index (χ4n) is 0.971. The summed E-state index contributed by atoms with van der Waals surface area (Å²) in [4.78, 5) is 21.0. The molecule has 0 spiro atoms. The summed E-state index contributed by atoms with van der Waals surface area (Å²) in [6, 6.07) is 0. The zero-order valence-electron chi connectivity index (χ0n) is 11.0. The van der Waals surface area contributed by atoms with Crippen molar-refractivity contribution in [1.29, 1.82) is 0 Å². The van der Waals surface area contributed by atoms with Crippen LogP contribution in [0.4, 0.5) is 0 Å². The van der Waals surface area contributed by atoms with Gasteiger partial charge < -0.3 is 0 Å². The molecule has 0 aliphatic carbocycles. The summed E-state index contributed by atoms with van der Waals surface area (Å²) in [6.07, 6.45) is 4.01. The lowest BCUT2D eigenvalue weighted by atomic mass is 10.1. The van der Waals surface area contributed by atoms with E-state index in [-0.39, 0.29) is 11.6 Å². The Balaban J connectivity index is 0. The van der Waals surface area contributed by atoms with Crippen molar-refractivity contribution in [2.75, 3.05) is 0 Å². The normalized spacial score (nSPS) is 9.38. The van der Waals surface area contributed by atoms with Gasteiger partial charge in [0.1, 0.15) is 0 Å². The van der Waals surface area contributed by atoms with E-state index in [4.69, 9.17) is 0 Å². The highest BCUT2D eigenvalue weighted by Gasteiger charge is 1.98. The predicted molar refractivity (Wildman–Crippen MR) is 69.3 cm³/mol. The number of rotatable bonds is 6. The molecule has 0 saturated carbocycles. The third-order valence-corrected chi connectivity index (χ3v) is 1.67. The molecule has 16 heavy (non-hydrogen) atoms. The van der Waals surface area contributed by atoms with Gasteiger partial charge in [-0.2, -0.15) is 0 Å². The van der Waals surface area contributed by atoms with Gasteiger partial charge in [-0.3, -0.25) is 9.59 Å². The summed E-state index contributed by atoms with van der Waals surface area (Å²) in [6.45, 7) is 14.8. The maximum absolute atomic E-state index is 10.5. The highest BCUT2D eigenvalue weighted by atomic mass is 16.1. The highest BCUT2D eigenvalue weighted by Crippen LogP contribution is 1.99. The number of allylic oxidation sites excluding steroid dienone is 2. The standard InChI is InChI=1S/2C7H12O/c2*1-4-7(8)5-6(2)3/h2*4,6H,1,5H2,2-3H3. The summed E-state index contributed by atoms with van der Waals surface area (Å²) >= 11 is 0. The lowest BCUT2D eigenvalue weighted by molar-refractivity contribution is -0.116. The molecule has 0 aromatic carbocycles. The van der Waals surface area contributed by atoms with Crippen molar-refractivity contribution in [3.8, 4) is 0 Å². The average Bonchev–Trinajstić information content (AvgIpc) is 2.16. The molecule has 0 N–H and O–H groups in total. The topological polar surface area (TPSA) is 34.1 Å². The van der Waals surface area contributed by atoms with Gasteiger partial charge in [0.25, 0.3) is 0 Å². The Morgan fingerprint density at radius 1 is 0.875 bits per heavy atom. The largest absolute Gasteiger partial charge is 0.295 e. The van der Waals surface area contributed by atoms with Crippen LogP contribution >= 0.6 is 0 Å². The van der Waals surface area contributed by atoms with Crippen LogP contribution in [-0.4, -0.2) is 11.6 Å². The Morgan fingerprint density at radius 3 is 1.19 bits per heavy atom. The monoisotopic (exact) mass is 224 g/mol. The summed E-state index contributed by atoms with van der Waals surface area (Å²) in [5.74, 6) is 1.20. The van der Waals surface area contributed by atoms with Crippen molar-refractivity contribution in [1.82, 2.24) is 0 Å². The van der Waals surface area contributed by atoms with Gasteiger partial charge >= 0.3 is 0 Å². The molecule has 2 nitrogen and oxygen atoms in total. The number of hydrogen-bond acceptors (Lipinski definition) is 2. The molecule has 0 radical (unpaired) electrons. The Bertz CT molecular complexity index is 211. The van der Waals surface area contributed by atoms with Gasteiger partial charge in [-0.25, -0.2) is 0 Å². The Labute approximate surface area is 99.4 Å². The van der Waals surface area contributed by atoms with Gasteiger partial charge in [0.2, 0.25) is 0 Å². The molecule has 0 aliphatic heterocycles. The molecule has 0 aromatic rings. The second-order valence-electron chi connectivity index (χ2n) is 4.54. The lowest BCUT2D eigenvalue weighted by Gasteiger charge is -1.96. The fourth-order valence-corrected chi connectivity index (χ4v) is 0.971. The van der Waals surface area contributed by atoms with E-state index in [1.54, 1.807) is 0 Å². The second-order valence-corrected chi connectivity index (χ2v) is 4.54. The lowest BCUT2D eigenvalue weighted by Crippen LogP contribution is -1.97. The fraction of sp³-hybridized carbons (Fsp3) is 0.571. The van der Waals surface area contributed by atoms with Gasteiger partial charge in [0, 0.05) is 12.8 Å². The summed E-state index contributed by atoms with van der Waals surface area (Å²) in [5.41, 5.74) is 0. The molecular weight excluding hydrogens is 200 g/mol. The quantitative estimate of drug-likeness (QED) is 0.646. The molecule has 0 unspecified atom stereocenters. The highest BCUT2D eigenvalue weighted by molar-refractivity contribution is 5.89. The molecule has 0 bridgehead atoms. The average molecular weight is 224 g/mol. The van der Waals surface area contributed by atoms with Crippen LogP contribution in [0.3, 0.4) is 0 Å². The molecular formula is C14H24O2. The van der Waals surface area contributed by atoms with E-state index in [0.717, 1.165) is 0 Å². The molecule has 0 fully saturated rings. The van der Waals surface area contributed by atoms with E-state index >= 15 is 0 Å². The Hall–Kier alpha value is -1.18. The third kappa shape index (κ3) is 15.3. The summed E-state index contributed by atoms with van der Waals surface area (Å²) < 4.78 is 0.